The minimum atomic E-state index is -4.22. The van der Waals surface area contributed by atoms with E-state index in [1.54, 1.807) is 6.07 Å². The number of aliphatic hydroxyl groups is 1. The molecule has 14 nitrogen and oxygen atoms in total. The van der Waals surface area contributed by atoms with Crippen LogP contribution in [0.5, 0.6) is 0 Å². The summed E-state index contributed by atoms with van der Waals surface area (Å²) in [6.07, 6.45) is 5.73. The van der Waals surface area contributed by atoms with E-state index in [4.69, 9.17) is 28.4 Å². The van der Waals surface area contributed by atoms with Crippen LogP contribution in [0.2, 0.25) is 0 Å². The Bertz CT molecular complexity index is 4650. The van der Waals surface area contributed by atoms with Crippen molar-refractivity contribution in [2.24, 2.45) is 93.2 Å². The van der Waals surface area contributed by atoms with Crippen LogP contribution in [0, 0.1) is 157 Å². The second-order valence-corrected chi connectivity index (χ2v) is 42.7. The molecule has 10 atom stereocenters. The molecule has 14 saturated carbocycles. The molecule has 0 radical (unpaired) electrons. The van der Waals surface area contributed by atoms with Crippen molar-refractivity contribution >= 4 is 29.8 Å². The molecule has 40 heteroatoms. The maximum atomic E-state index is 13.4. The third-order valence-electron chi connectivity index (χ3n) is 30.1. The largest absolute Gasteiger partial charge is 0.657 e. The Morgan fingerprint density at radius 3 is 1.35 bits per heavy atom. The second kappa shape index (κ2) is 45.5. The maximum absolute atomic E-state index is 13.4. The zero-order valence-corrected chi connectivity index (χ0v) is 80.7. The summed E-state index contributed by atoms with van der Waals surface area (Å²) in [5.41, 5.74) is 1.40. The lowest BCUT2D eigenvalue weighted by Crippen LogP contribution is -2.57. The normalized spacial score (nSPS) is 31.2. The third kappa shape index (κ3) is 30.5. The highest BCUT2D eigenvalue weighted by molar-refractivity contribution is 5.79. The van der Waals surface area contributed by atoms with Crippen LogP contribution >= 0.6 is 0 Å². The molecule has 4 aromatic carbocycles. The molecule has 1 N–H and O–H groups in total. The first-order chi connectivity index (χ1) is 65.5. The summed E-state index contributed by atoms with van der Waals surface area (Å²) in [5.74, 6) is -36.1. The summed E-state index contributed by atoms with van der Waals surface area (Å²) in [6.45, 7) is 10.2. The van der Waals surface area contributed by atoms with E-state index in [0.29, 0.717) is 81.6 Å². The van der Waals surface area contributed by atoms with Crippen molar-refractivity contribution in [2.75, 3.05) is 39.5 Å². The van der Waals surface area contributed by atoms with Gasteiger partial charge in [-0.25, -0.2) is 62.7 Å². The average Bonchev–Trinajstić information content (AvgIpc) is 1.29. The predicted octanol–water partition coefficient (Wildman–Crippen LogP) is 27.3. The van der Waals surface area contributed by atoms with Crippen molar-refractivity contribution < 1.29 is 176 Å². The van der Waals surface area contributed by atoms with Crippen LogP contribution in [-0.2, 0) is 63.3 Å². The number of halogens is 26. The van der Waals surface area contributed by atoms with E-state index in [0.717, 1.165) is 153 Å². The van der Waals surface area contributed by atoms with E-state index >= 15 is 0 Å². The third-order valence-corrected chi connectivity index (χ3v) is 30.1. The van der Waals surface area contributed by atoms with Gasteiger partial charge in [-0.2, -0.15) is 65.9 Å². The van der Waals surface area contributed by atoms with Crippen LogP contribution in [-0.4, -0.2) is 152 Å². The fourth-order valence-corrected chi connectivity index (χ4v) is 24.4. The molecule has 0 spiro atoms. The summed E-state index contributed by atoms with van der Waals surface area (Å²) in [7, 11) is 0. The van der Waals surface area contributed by atoms with Crippen LogP contribution in [0.4, 0.5) is 114 Å². The number of esters is 5. The first kappa shape index (κ1) is 116. The van der Waals surface area contributed by atoms with Gasteiger partial charge in [0.1, 0.15) is 12.2 Å². The summed E-state index contributed by atoms with van der Waals surface area (Å²) >= 11 is 0. The molecule has 800 valence electrons. The predicted molar refractivity (Wildman–Crippen MR) is 466 cm³/mol. The van der Waals surface area contributed by atoms with E-state index in [1.807, 2.05) is 18.2 Å². The highest BCUT2D eigenvalue weighted by Gasteiger charge is 2.64. The van der Waals surface area contributed by atoms with Gasteiger partial charge in [-0.1, -0.05) is 109 Å². The minimum absolute atomic E-state index is 0.0235. The van der Waals surface area contributed by atoms with Crippen LogP contribution in [0.1, 0.15) is 241 Å². The van der Waals surface area contributed by atoms with Gasteiger partial charge in [-0.15, -0.1) is 6.54 Å². The molecule has 22 rings (SSSR count). The number of alkyl halides is 21. The number of carbonyl (C=O) groups excluding carboxylic acids is 5. The lowest BCUT2D eigenvalue weighted by atomic mass is 9.48. The summed E-state index contributed by atoms with van der Waals surface area (Å²) in [5, 5.41) is 13.7. The second-order valence-electron chi connectivity index (χ2n) is 42.7. The van der Waals surface area contributed by atoms with Crippen LogP contribution in [0.25, 0.3) is 5.32 Å². The molecule has 4 saturated heterocycles. The minimum Gasteiger partial charge on any atom is -0.657 e. The molecule has 10 unspecified atom stereocenters. The molecule has 4 heterocycles. The molecule has 4 aromatic rings. The van der Waals surface area contributed by atoms with Gasteiger partial charge in [-0.3, -0.25) is 14.3 Å². The van der Waals surface area contributed by atoms with Crippen LogP contribution < -0.4 is 0 Å². The SMILES string of the molecule is CC(F)(F)C(=O)OC1CC2OC1C1C(=O)OCC21.CC(F)(F)C(=O)OCC12CC3CC(CC(C3)C1)C2.CC(F)(F)C(=O)OCC12CC3CC(CC(O)(C3)C1)C2.CC(F)(F)C(F)(F)CCOC(=O)C12CC3CC(CC(C3)C1)C2.CCC(F)(F)OC(F)(F)CC1CC2CCC1C2.Cc1c(F)c(F)c(F)c(F)c1F.Cc1ccc(C)cc1.Cc1ccccc1.Cc1ccccc1C(F)(F)F.FC1(F)CC[N-]CC1(F)F. The quantitative estimate of drug-likeness (QED) is 0.0327. The van der Waals surface area contributed by atoms with E-state index in [1.165, 1.54) is 55.0 Å². The number of benzene rings is 4. The van der Waals surface area contributed by atoms with Crippen molar-refractivity contribution in [3.05, 3.63) is 147 Å². The maximum Gasteiger partial charge on any atom is 0.416 e. The standard InChI is InChI=1S/C16H22F4O2.C14H20F2O3.C14H20F2O2.C12H18F4O.C11H12F2O5.C8H7F3.C8H10.C7H3F5.C7H8.C5H6F4N/c1-14(17,18)16(19,20)2-3-22-13(21)15-7-10-4-11(8-15)6-12(5-10)9-15;1-12(15,16)11(17)19-8-13-3-9-2-10(4-13)6-14(18,5-9)7-13;1-13(15,16)12(17)18-8-14-5-9-2-10(6-14)4-11(3-9)7-14;1-2-11(13,14)17-12(15,16)7-10-6-8-3-4-9(10)5-8;1-11(12,13)10(15)18-6-2-5-4-3-16-9(14)7(4)8(6)17-5;1-6-4-2-3-5-7(6)8(9,10)11;1-7-3-5-8(2)6-4-7;1-2-3(8)5(10)7(12)6(11)4(2)9;1-7-5-3-2-4-6-7;6-4(7)1-2-10-3-5(4,8)9/h10-12H,2-9H2,1H3;9-10,18H,2-8H2,1H3;9-11H,2-8H2,1H3;8-10H,2-7H2,1H3;4-8H,2-3H2,1H3;2-5H,1H3;3-6H,1-2H3;1H3;2-6H,1H3;1-3H2/q;;;;;;;;;-1. The molecule has 18 aliphatic rings. The van der Waals surface area contributed by atoms with E-state index < -0.39 is 198 Å². The fourth-order valence-electron chi connectivity index (χ4n) is 24.4. The van der Waals surface area contributed by atoms with Gasteiger partial charge in [0.2, 0.25) is 5.82 Å². The number of rotatable bonds is 18. The van der Waals surface area contributed by atoms with E-state index in [9.17, 15) is 143 Å². The van der Waals surface area contributed by atoms with Gasteiger partial charge in [0, 0.05) is 69.3 Å². The van der Waals surface area contributed by atoms with Gasteiger partial charge >= 0.3 is 83.8 Å². The molecule has 142 heavy (non-hydrogen) atoms. The van der Waals surface area contributed by atoms with E-state index in [2.05, 4.69) is 67.2 Å². The number of cyclic esters (lactones) is 1. The van der Waals surface area contributed by atoms with Gasteiger partial charge in [0.25, 0.3) is 5.92 Å². The number of piperidine rings is 1. The lowest BCUT2D eigenvalue weighted by molar-refractivity contribution is -0.380. The Labute approximate surface area is 808 Å². The molecule has 0 amide bonds. The van der Waals surface area contributed by atoms with Gasteiger partial charge < -0.3 is 38.8 Å². The zero-order valence-electron chi connectivity index (χ0n) is 80.7. The number of aryl methyl sites for hydroxylation is 4. The topological polar surface area (TPSA) is 184 Å². The van der Waals surface area contributed by atoms with Gasteiger partial charge in [0.05, 0.1) is 61.4 Å². The smallest absolute Gasteiger partial charge is 0.416 e. The number of ether oxygens (including phenoxy) is 7. The van der Waals surface area contributed by atoms with Crippen molar-refractivity contribution in [3.8, 4) is 0 Å². The molecule has 4 aliphatic heterocycles. The summed E-state index contributed by atoms with van der Waals surface area (Å²) in [4.78, 5) is 57.4. The van der Waals surface area contributed by atoms with Crippen LogP contribution in [0.15, 0.2) is 78.9 Å². The number of hydrogen-bond donors (Lipinski definition) is 1. The molecular weight excluding hydrogens is 1940 g/mol. The number of carbonyl (C=O) groups is 5. The number of nitrogens with zero attached hydrogens (tertiary/aromatic N) is 1. The summed E-state index contributed by atoms with van der Waals surface area (Å²) in [6, 6.07) is 24.2. The molecule has 14 aliphatic carbocycles. The Kier molecular flexibility index (Phi) is 37.2. The van der Waals surface area contributed by atoms with Crippen molar-refractivity contribution in [2.45, 2.75) is 326 Å². The Balaban J connectivity index is 0.000000165. The Morgan fingerprint density at radius 1 is 0.493 bits per heavy atom. The van der Waals surface area contributed by atoms with Crippen molar-refractivity contribution in [1.29, 1.82) is 0 Å². The Hall–Kier alpha value is -7.75. The molecular formula is C102H126F26NO13-. The van der Waals surface area contributed by atoms with Crippen LogP contribution in [0.3, 0.4) is 0 Å². The highest BCUT2D eigenvalue weighted by Crippen LogP contribution is 2.65. The van der Waals surface area contributed by atoms with E-state index in [-0.39, 0.29) is 61.0 Å². The highest BCUT2D eigenvalue weighted by atomic mass is 19.4. The number of fused-ring (bicyclic) bond motifs is 7. The average molecular weight is 2070 g/mol. The molecule has 0 aromatic heterocycles. The van der Waals surface area contributed by atoms with Crippen molar-refractivity contribution in [1.82, 2.24) is 0 Å². The number of hydrogen-bond acceptors (Lipinski definition) is 13. The first-order valence-electron chi connectivity index (χ1n) is 48.2. The van der Waals surface area contributed by atoms with Gasteiger partial charge in [-0.05, 0) is 253 Å². The van der Waals surface area contributed by atoms with Gasteiger partial charge in [0.15, 0.2) is 23.3 Å². The van der Waals surface area contributed by atoms with Crippen molar-refractivity contribution in [3.63, 3.8) is 0 Å². The Morgan fingerprint density at radius 2 is 0.944 bits per heavy atom. The fraction of sp³-hybridized carbons (Fsp3) is 0.716. The summed E-state index contributed by atoms with van der Waals surface area (Å²) < 4.78 is 361. The first-order valence-corrected chi connectivity index (χ1v) is 48.2. The lowest BCUT2D eigenvalue weighted by Gasteiger charge is -2.59. The zero-order chi connectivity index (χ0) is 106. The molecule has 16 bridgehead atoms. The monoisotopic (exact) mass is 2070 g/mol. The molecule has 18 fully saturated rings.